The van der Waals surface area contributed by atoms with Crippen molar-refractivity contribution in [3.8, 4) is 0 Å². The number of sulfone groups is 1. The van der Waals surface area contributed by atoms with Crippen LogP contribution in [0.4, 0.5) is 14.5 Å². The zero-order valence-corrected chi connectivity index (χ0v) is 13.5. The van der Waals surface area contributed by atoms with E-state index in [1.807, 2.05) is 0 Å². The molecule has 130 valence electrons. The molecule has 1 aromatic carbocycles. The summed E-state index contributed by atoms with van der Waals surface area (Å²) in [5.41, 5.74) is -0.242. The van der Waals surface area contributed by atoms with E-state index < -0.39 is 45.4 Å². The van der Waals surface area contributed by atoms with Crippen molar-refractivity contribution in [2.75, 3.05) is 11.1 Å². The van der Waals surface area contributed by atoms with E-state index >= 15 is 0 Å². The van der Waals surface area contributed by atoms with Crippen molar-refractivity contribution in [1.82, 2.24) is 0 Å². The second-order valence-corrected chi connectivity index (χ2v) is 7.30. The van der Waals surface area contributed by atoms with Gasteiger partial charge in [0.05, 0.1) is 17.9 Å². The maximum Gasteiger partial charge on any atom is 0.307 e. The van der Waals surface area contributed by atoms with Gasteiger partial charge in [-0.1, -0.05) is 6.08 Å². The van der Waals surface area contributed by atoms with Gasteiger partial charge in [0, 0.05) is 17.4 Å². The van der Waals surface area contributed by atoms with E-state index in [2.05, 4.69) is 5.32 Å². The molecular formula is C15H15F2NO5S. The lowest BCUT2D eigenvalue weighted by Crippen LogP contribution is -2.31. The lowest BCUT2D eigenvalue weighted by Gasteiger charge is -2.15. The van der Waals surface area contributed by atoms with Crippen LogP contribution in [0.5, 0.6) is 0 Å². The number of ether oxygens (including phenoxy) is 1. The van der Waals surface area contributed by atoms with Gasteiger partial charge in [-0.2, -0.15) is 0 Å². The summed E-state index contributed by atoms with van der Waals surface area (Å²) >= 11 is 0. The number of benzene rings is 1. The Kier molecular flexibility index (Phi) is 5.33. The maximum absolute atomic E-state index is 13.5. The molecule has 1 amide bonds. The van der Waals surface area contributed by atoms with Crippen molar-refractivity contribution < 1.29 is 31.5 Å². The fraction of sp³-hybridized carbons (Fsp3) is 0.333. The van der Waals surface area contributed by atoms with Crippen LogP contribution >= 0.6 is 0 Å². The summed E-state index contributed by atoms with van der Waals surface area (Å²) in [6.07, 6.45) is -0.00281. The Morgan fingerprint density at radius 1 is 1.38 bits per heavy atom. The predicted molar refractivity (Wildman–Crippen MR) is 81.6 cm³/mol. The molecule has 1 N–H and O–H groups in total. The van der Waals surface area contributed by atoms with Gasteiger partial charge in [0.25, 0.3) is 5.91 Å². The van der Waals surface area contributed by atoms with Crippen molar-refractivity contribution in [3.05, 3.63) is 41.3 Å². The second kappa shape index (κ2) is 7.08. The number of nitrogens with one attached hydrogen (secondary N) is 1. The van der Waals surface area contributed by atoms with Crippen LogP contribution in [0.3, 0.4) is 0 Å². The number of amides is 1. The lowest BCUT2D eigenvalue weighted by atomic mass is 10.1. The van der Waals surface area contributed by atoms with Crippen molar-refractivity contribution in [2.45, 2.75) is 19.4 Å². The minimum Gasteiger partial charge on any atom is -0.453 e. The largest absolute Gasteiger partial charge is 0.453 e. The number of esters is 1. The number of hydrogen-bond donors (Lipinski definition) is 1. The van der Waals surface area contributed by atoms with E-state index in [-0.39, 0.29) is 17.9 Å². The van der Waals surface area contributed by atoms with E-state index in [0.717, 1.165) is 17.5 Å². The molecule has 0 radical (unpaired) electrons. The number of hydrogen-bond acceptors (Lipinski definition) is 5. The van der Waals surface area contributed by atoms with Crippen LogP contribution in [-0.4, -0.2) is 32.2 Å². The van der Waals surface area contributed by atoms with Gasteiger partial charge in [-0.25, -0.2) is 17.2 Å². The summed E-state index contributed by atoms with van der Waals surface area (Å²) < 4.78 is 53.6. The van der Waals surface area contributed by atoms with Gasteiger partial charge in [-0.05, 0) is 19.1 Å². The second-order valence-electron chi connectivity index (χ2n) is 5.37. The first-order chi connectivity index (χ1) is 11.2. The van der Waals surface area contributed by atoms with Crippen LogP contribution in [0.2, 0.25) is 0 Å². The Labute approximate surface area is 137 Å². The Balaban J connectivity index is 1.87. The van der Waals surface area contributed by atoms with Crippen LogP contribution < -0.4 is 5.32 Å². The smallest absolute Gasteiger partial charge is 0.307 e. The van der Waals surface area contributed by atoms with Gasteiger partial charge in [0.2, 0.25) is 0 Å². The van der Waals surface area contributed by atoms with Crippen molar-refractivity contribution >= 4 is 27.4 Å². The Morgan fingerprint density at radius 2 is 2.08 bits per heavy atom. The monoisotopic (exact) mass is 359 g/mol. The molecule has 2 unspecified atom stereocenters. The maximum atomic E-state index is 13.5. The molecule has 1 aliphatic heterocycles. The predicted octanol–water partition coefficient (Wildman–Crippen LogP) is 1.78. The third kappa shape index (κ3) is 4.85. The third-order valence-electron chi connectivity index (χ3n) is 3.30. The zero-order valence-electron chi connectivity index (χ0n) is 12.7. The van der Waals surface area contributed by atoms with Crippen LogP contribution in [0.15, 0.2) is 29.7 Å². The minimum atomic E-state index is -3.27. The highest BCUT2D eigenvalue weighted by Crippen LogP contribution is 2.19. The van der Waals surface area contributed by atoms with Crippen LogP contribution in [0.1, 0.15) is 13.3 Å². The summed E-state index contributed by atoms with van der Waals surface area (Å²) in [5.74, 6) is -3.95. The molecule has 1 heterocycles. The average molecular weight is 359 g/mol. The van der Waals surface area contributed by atoms with Gasteiger partial charge in [0.1, 0.15) is 11.6 Å². The molecule has 0 saturated carbocycles. The van der Waals surface area contributed by atoms with E-state index in [9.17, 15) is 26.8 Å². The van der Waals surface area contributed by atoms with Gasteiger partial charge in [-0.3, -0.25) is 9.59 Å². The lowest BCUT2D eigenvalue weighted by molar-refractivity contribution is -0.153. The molecule has 6 nitrogen and oxygen atoms in total. The average Bonchev–Trinajstić information content (AvgIpc) is 2.80. The van der Waals surface area contributed by atoms with Crippen molar-refractivity contribution in [2.24, 2.45) is 5.92 Å². The summed E-state index contributed by atoms with van der Waals surface area (Å²) in [5, 5.41) is 3.22. The molecule has 1 aromatic rings. The number of carbonyl (C=O) groups is 2. The van der Waals surface area contributed by atoms with E-state index in [1.165, 1.54) is 13.0 Å². The summed E-state index contributed by atoms with van der Waals surface area (Å²) in [6, 6.07) is 2.63. The fourth-order valence-electron chi connectivity index (χ4n) is 2.11. The van der Waals surface area contributed by atoms with Crippen molar-refractivity contribution in [3.63, 3.8) is 0 Å². The quantitative estimate of drug-likeness (QED) is 0.810. The van der Waals surface area contributed by atoms with Crippen molar-refractivity contribution in [1.29, 1.82) is 0 Å². The normalized spacial score (nSPS) is 19.7. The highest BCUT2D eigenvalue weighted by molar-refractivity contribution is 7.94. The van der Waals surface area contributed by atoms with Crippen LogP contribution in [0, 0.1) is 17.6 Å². The zero-order chi connectivity index (χ0) is 17.9. The van der Waals surface area contributed by atoms with Gasteiger partial charge in [0.15, 0.2) is 15.9 Å². The van der Waals surface area contributed by atoms with Gasteiger partial charge >= 0.3 is 5.97 Å². The third-order valence-corrected chi connectivity index (χ3v) is 4.76. The topological polar surface area (TPSA) is 89.5 Å². The molecule has 0 spiro atoms. The number of anilines is 1. The molecule has 9 heteroatoms. The SMILES string of the molecule is CC(OC(=O)CC1C=CS(=O)(=O)C1)C(=O)Nc1ccc(F)cc1F. The van der Waals surface area contributed by atoms with E-state index in [0.29, 0.717) is 6.07 Å². The molecule has 1 aliphatic rings. The molecule has 0 bridgehead atoms. The molecule has 0 fully saturated rings. The number of halogens is 2. The van der Waals surface area contributed by atoms with Crippen LogP contribution in [0.25, 0.3) is 0 Å². The number of allylic oxidation sites excluding steroid dienone is 1. The number of rotatable bonds is 5. The van der Waals surface area contributed by atoms with Gasteiger partial charge in [-0.15, -0.1) is 0 Å². The Morgan fingerprint density at radius 3 is 2.67 bits per heavy atom. The molecule has 0 saturated heterocycles. The first-order valence-corrected chi connectivity index (χ1v) is 8.74. The summed E-state index contributed by atoms with van der Waals surface area (Å²) in [7, 11) is -3.27. The van der Waals surface area contributed by atoms with Gasteiger partial charge < -0.3 is 10.1 Å². The molecule has 24 heavy (non-hydrogen) atoms. The summed E-state index contributed by atoms with van der Waals surface area (Å²) in [6.45, 7) is 1.29. The molecule has 0 aromatic heterocycles. The van der Waals surface area contributed by atoms with E-state index in [4.69, 9.17) is 4.74 Å². The fourth-order valence-corrected chi connectivity index (χ4v) is 3.50. The first kappa shape index (κ1) is 18.1. The standard InChI is InChI=1S/C15H15F2NO5S/c1-9(15(20)18-13-3-2-11(16)7-12(13)17)23-14(19)6-10-4-5-24(21,22)8-10/h2-5,7,9-10H,6,8H2,1H3,(H,18,20). The molecule has 0 aliphatic carbocycles. The van der Waals surface area contributed by atoms with E-state index in [1.54, 1.807) is 0 Å². The molecular weight excluding hydrogens is 344 g/mol. The molecule has 2 rings (SSSR count). The Hall–Kier alpha value is -2.29. The molecule has 2 atom stereocenters. The minimum absolute atomic E-state index is 0.177. The van der Waals surface area contributed by atoms with Crippen LogP contribution in [-0.2, 0) is 24.2 Å². The Bertz CT molecular complexity index is 791. The highest BCUT2D eigenvalue weighted by atomic mass is 32.2. The number of carbonyl (C=O) groups excluding carboxylic acids is 2. The first-order valence-electron chi connectivity index (χ1n) is 7.02. The summed E-state index contributed by atoms with van der Waals surface area (Å²) in [4.78, 5) is 23.6. The highest BCUT2D eigenvalue weighted by Gasteiger charge is 2.26.